The van der Waals surface area contributed by atoms with Crippen molar-refractivity contribution >= 4 is 11.6 Å². The summed E-state index contributed by atoms with van der Waals surface area (Å²) in [4.78, 5) is 6.74. The van der Waals surface area contributed by atoms with Gasteiger partial charge in [0.1, 0.15) is 0 Å². The maximum atomic E-state index is 4.57. The molecule has 0 bridgehead atoms. The van der Waals surface area contributed by atoms with Crippen LogP contribution in [0.15, 0.2) is 18.2 Å². The van der Waals surface area contributed by atoms with Gasteiger partial charge in [0.05, 0.1) is 0 Å². The molecule has 0 spiro atoms. The van der Waals surface area contributed by atoms with Gasteiger partial charge in [0.2, 0.25) is 5.95 Å². The SMILES string of the molecule is Cc1cccc2nc(N(C)C3CCNC3)nn12. The fourth-order valence-corrected chi connectivity index (χ4v) is 2.31. The van der Waals surface area contributed by atoms with E-state index in [0.29, 0.717) is 6.04 Å². The van der Waals surface area contributed by atoms with E-state index in [1.165, 1.54) is 0 Å². The van der Waals surface area contributed by atoms with Gasteiger partial charge < -0.3 is 10.2 Å². The molecular formula is C12H17N5. The van der Waals surface area contributed by atoms with Crippen molar-refractivity contribution in [3.63, 3.8) is 0 Å². The summed E-state index contributed by atoms with van der Waals surface area (Å²) in [5.41, 5.74) is 2.03. The normalized spacial score (nSPS) is 20.0. The topological polar surface area (TPSA) is 45.5 Å². The van der Waals surface area contributed by atoms with E-state index in [-0.39, 0.29) is 0 Å². The minimum absolute atomic E-state index is 0.507. The van der Waals surface area contributed by atoms with Gasteiger partial charge in [-0.3, -0.25) is 0 Å². The van der Waals surface area contributed by atoms with Crippen LogP contribution in [0.4, 0.5) is 5.95 Å². The van der Waals surface area contributed by atoms with Crippen LogP contribution in [0.2, 0.25) is 0 Å². The molecule has 1 fully saturated rings. The number of hydrogen-bond donors (Lipinski definition) is 1. The number of nitrogens with one attached hydrogen (secondary N) is 1. The zero-order valence-electron chi connectivity index (χ0n) is 10.2. The van der Waals surface area contributed by atoms with E-state index in [0.717, 1.165) is 36.8 Å². The Hall–Kier alpha value is -1.62. The molecule has 0 aliphatic carbocycles. The fraction of sp³-hybridized carbons (Fsp3) is 0.500. The van der Waals surface area contributed by atoms with Gasteiger partial charge in [-0.15, -0.1) is 5.10 Å². The summed E-state index contributed by atoms with van der Waals surface area (Å²) in [6.45, 7) is 4.15. The molecule has 2 aromatic heterocycles. The van der Waals surface area contributed by atoms with Gasteiger partial charge in [-0.25, -0.2) is 4.52 Å². The molecule has 1 N–H and O–H groups in total. The van der Waals surface area contributed by atoms with Gasteiger partial charge in [-0.2, -0.15) is 4.98 Å². The van der Waals surface area contributed by atoms with Crippen LogP contribution in [0.25, 0.3) is 5.65 Å². The second kappa shape index (κ2) is 4.00. The largest absolute Gasteiger partial charge is 0.338 e. The van der Waals surface area contributed by atoms with Crippen molar-refractivity contribution in [3.8, 4) is 0 Å². The number of aromatic nitrogens is 3. The van der Waals surface area contributed by atoms with Crippen molar-refractivity contribution in [1.82, 2.24) is 19.9 Å². The van der Waals surface area contributed by atoms with Crippen LogP contribution in [0.3, 0.4) is 0 Å². The highest BCUT2D eigenvalue weighted by Gasteiger charge is 2.22. The van der Waals surface area contributed by atoms with Crippen LogP contribution in [0, 0.1) is 6.92 Å². The molecule has 5 heteroatoms. The Bertz CT molecular complexity index is 527. The van der Waals surface area contributed by atoms with E-state index in [1.807, 2.05) is 29.6 Å². The average molecular weight is 231 g/mol. The summed E-state index contributed by atoms with van der Waals surface area (Å²) in [6.07, 6.45) is 1.16. The van der Waals surface area contributed by atoms with Crippen molar-refractivity contribution in [3.05, 3.63) is 23.9 Å². The highest BCUT2D eigenvalue weighted by atomic mass is 15.4. The summed E-state index contributed by atoms with van der Waals surface area (Å²) in [6, 6.07) is 6.56. The van der Waals surface area contributed by atoms with Crippen molar-refractivity contribution in [2.45, 2.75) is 19.4 Å². The van der Waals surface area contributed by atoms with E-state index in [4.69, 9.17) is 0 Å². The lowest BCUT2D eigenvalue weighted by atomic mass is 10.2. The van der Waals surface area contributed by atoms with Crippen LogP contribution in [-0.4, -0.2) is 40.8 Å². The number of pyridine rings is 1. The lowest BCUT2D eigenvalue weighted by molar-refractivity contribution is 0.667. The second-order valence-corrected chi connectivity index (χ2v) is 4.61. The first kappa shape index (κ1) is 10.5. The first-order valence-corrected chi connectivity index (χ1v) is 6.01. The van der Waals surface area contributed by atoms with Crippen LogP contribution in [0.5, 0.6) is 0 Å². The van der Waals surface area contributed by atoms with Gasteiger partial charge in [0, 0.05) is 25.3 Å². The van der Waals surface area contributed by atoms with Gasteiger partial charge in [0.25, 0.3) is 0 Å². The number of aryl methyl sites for hydroxylation is 1. The quantitative estimate of drug-likeness (QED) is 0.832. The molecule has 5 nitrogen and oxygen atoms in total. The average Bonchev–Trinajstić information content (AvgIpc) is 2.98. The molecule has 3 rings (SSSR count). The van der Waals surface area contributed by atoms with Gasteiger partial charge in [0.15, 0.2) is 5.65 Å². The molecule has 0 aromatic carbocycles. The summed E-state index contributed by atoms with van der Waals surface area (Å²) in [7, 11) is 2.07. The molecule has 0 saturated carbocycles. The zero-order valence-corrected chi connectivity index (χ0v) is 10.2. The number of anilines is 1. The Kier molecular flexibility index (Phi) is 2.48. The summed E-state index contributed by atoms with van der Waals surface area (Å²) < 4.78 is 1.90. The van der Waals surface area contributed by atoms with Crippen LogP contribution in [0.1, 0.15) is 12.1 Å². The highest BCUT2D eigenvalue weighted by molar-refractivity contribution is 5.46. The number of fused-ring (bicyclic) bond motifs is 1. The second-order valence-electron chi connectivity index (χ2n) is 4.61. The monoisotopic (exact) mass is 231 g/mol. The van der Waals surface area contributed by atoms with Gasteiger partial charge >= 0.3 is 0 Å². The van der Waals surface area contributed by atoms with Crippen molar-refractivity contribution in [2.75, 3.05) is 25.0 Å². The molecule has 1 aliphatic rings. The van der Waals surface area contributed by atoms with Crippen molar-refractivity contribution in [1.29, 1.82) is 0 Å². The maximum absolute atomic E-state index is 4.57. The molecule has 0 amide bonds. The Labute approximate surface area is 100 Å². The first-order chi connectivity index (χ1) is 8.25. The fourth-order valence-electron chi connectivity index (χ4n) is 2.31. The summed E-state index contributed by atoms with van der Waals surface area (Å²) in [5, 5.41) is 7.92. The molecule has 3 heterocycles. The molecule has 1 unspecified atom stereocenters. The predicted molar refractivity (Wildman–Crippen MR) is 67.4 cm³/mol. The number of hydrogen-bond acceptors (Lipinski definition) is 4. The predicted octanol–water partition coefficient (Wildman–Crippen LogP) is 0.836. The first-order valence-electron chi connectivity index (χ1n) is 6.01. The molecule has 90 valence electrons. The summed E-state index contributed by atoms with van der Waals surface area (Å²) >= 11 is 0. The summed E-state index contributed by atoms with van der Waals surface area (Å²) in [5.74, 6) is 0.813. The lowest BCUT2D eigenvalue weighted by Crippen LogP contribution is -2.34. The van der Waals surface area contributed by atoms with Crippen molar-refractivity contribution in [2.24, 2.45) is 0 Å². The van der Waals surface area contributed by atoms with E-state index in [2.05, 4.69) is 27.3 Å². The standard InChI is InChI=1S/C12H17N5/c1-9-4-3-5-11-14-12(15-17(9)11)16(2)10-6-7-13-8-10/h3-5,10,13H,6-8H2,1-2H3. The van der Waals surface area contributed by atoms with Gasteiger partial charge in [-0.05, 0) is 32.0 Å². The van der Waals surface area contributed by atoms with E-state index < -0.39 is 0 Å². The molecule has 0 radical (unpaired) electrons. The third-order valence-electron chi connectivity index (χ3n) is 3.44. The molecule has 1 saturated heterocycles. The minimum atomic E-state index is 0.507. The minimum Gasteiger partial charge on any atom is -0.338 e. The molecule has 1 atom stereocenters. The molecular weight excluding hydrogens is 214 g/mol. The van der Waals surface area contributed by atoms with E-state index in [9.17, 15) is 0 Å². The van der Waals surface area contributed by atoms with Crippen LogP contribution >= 0.6 is 0 Å². The third kappa shape index (κ3) is 1.76. The molecule has 17 heavy (non-hydrogen) atoms. The van der Waals surface area contributed by atoms with Crippen molar-refractivity contribution < 1.29 is 0 Å². The Balaban J connectivity index is 1.97. The van der Waals surface area contributed by atoms with E-state index >= 15 is 0 Å². The number of likely N-dealkylation sites (N-methyl/N-ethyl adjacent to an activating group) is 1. The maximum Gasteiger partial charge on any atom is 0.245 e. The van der Waals surface area contributed by atoms with Gasteiger partial charge in [-0.1, -0.05) is 6.07 Å². The lowest BCUT2D eigenvalue weighted by Gasteiger charge is -2.21. The third-order valence-corrected chi connectivity index (χ3v) is 3.44. The Morgan fingerprint density at radius 2 is 2.35 bits per heavy atom. The van der Waals surface area contributed by atoms with E-state index in [1.54, 1.807) is 0 Å². The zero-order chi connectivity index (χ0) is 11.8. The number of nitrogens with zero attached hydrogens (tertiary/aromatic N) is 4. The number of rotatable bonds is 2. The Morgan fingerprint density at radius 1 is 1.47 bits per heavy atom. The van der Waals surface area contributed by atoms with Crippen LogP contribution in [-0.2, 0) is 0 Å². The van der Waals surface area contributed by atoms with Crippen LogP contribution < -0.4 is 10.2 Å². The highest BCUT2D eigenvalue weighted by Crippen LogP contribution is 2.16. The Morgan fingerprint density at radius 3 is 3.06 bits per heavy atom. The molecule has 2 aromatic rings. The molecule has 1 aliphatic heterocycles. The smallest absolute Gasteiger partial charge is 0.245 e.